The Balaban J connectivity index is 1.61. The van der Waals surface area contributed by atoms with Crippen molar-refractivity contribution in [2.75, 3.05) is 18.8 Å². The van der Waals surface area contributed by atoms with Crippen molar-refractivity contribution < 1.29 is 0 Å². The van der Waals surface area contributed by atoms with E-state index in [0.717, 1.165) is 59.3 Å². The van der Waals surface area contributed by atoms with E-state index in [1.165, 1.54) is 11.1 Å². The topological polar surface area (TPSA) is 92.5 Å². The van der Waals surface area contributed by atoms with Gasteiger partial charge in [0.15, 0.2) is 0 Å². The lowest BCUT2D eigenvalue weighted by Gasteiger charge is -2.22. The molecule has 5 rings (SSSR count). The number of hydrogen-bond donors (Lipinski definition) is 3. The molecule has 0 unspecified atom stereocenters. The highest BCUT2D eigenvalue weighted by atomic mass is 15.1. The molecule has 1 aliphatic rings. The number of nitrogens with zero attached hydrogens (tertiary/aromatic N) is 3. The van der Waals surface area contributed by atoms with Crippen LogP contribution in [0.3, 0.4) is 0 Å². The molecule has 0 atom stereocenters. The van der Waals surface area contributed by atoms with Gasteiger partial charge in [-0.15, -0.1) is 0 Å². The highest BCUT2D eigenvalue weighted by Crippen LogP contribution is 2.36. The van der Waals surface area contributed by atoms with Gasteiger partial charge in [-0.2, -0.15) is 5.10 Å². The van der Waals surface area contributed by atoms with Gasteiger partial charge in [0.1, 0.15) is 5.82 Å². The molecule has 0 aliphatic carbocycles. The molecule has 0 spiro atoms. The minimum absolute atomic E-state index is 0.482. The Hall–Kier alpha value is -3.25. The quantitative estimate of drug-likeness (QED) is 0.496. The number of hydrogen-bond acceptors (Lipinski definition) is 5. The largest absolute Gasteiger partial charge is 0.383 e. The van der Waals surface area contributed by atoms with E-state index in [2.05, 4.69) is 45.6 Å². The summed E-state index contributed by atoms with van der Waals surface area (Å²) < 4.78 is 0. The molecule has 4 N–H and O–H groups in total. The molecule has 4 heterocycles. The first kappa shape index (κ1) is 17.8. The van der Waals surface area contributed by atoms with Crippen LogP contribution in [-0.4, -0.2) is 33.3 Å². The second-order valence-electron chi connectivity index (χ2n) is 7.70. The number of nitrogen functional groups attached to an aromatic ring is 1. The van der Waals surface area contributed by atoms with E-state index < -0.39 is 0 Å². The van der Waals surface area contributed by atoms with Crippen molar-refractivity contribution in [1.29, 1.82) is 0 Å². The second-order valence-corrected chi connectivity index (χ2v) is 7.70. The number of aryl methyl sites for hydroxylation is 1. The van der Waals surface area contributed by atoms with Crippen molar-refractivity contribution in [3.63, 3.8) is 0 Å². The Kier molecular flexibility index (Phi) is 4.48. The Morgan fingerprint density at radius 2 is 1.83 bits per heavy atom. The van der Waals surface area contributed by atoms with E-state index in [1.807, 2.05) is 30.7 Å². The van der Waals surface area contributed by atoms with Crippen LogP contribution in [0.4, 0.5) is 5.82 Å². The van der Waals surface area contributed by atoms with Crippen LogP contribution in [0.15, 0.2) is 48.9 Å². The lowest BCUT2D eigenvalue weighted by molar-refractivity contribution is 0.453. The van der Waals surface area contributed by atoms with Crippen molar-refractivity contribution in [2.45, 2.75) is 25.7 Å². The number of H-pyrrole nitrogens is 1. The molecule has 6 heteroatoms. The third-order valence-electron chi connectivity index (χ3n) is 5.95. The van der Waals surface area contributed by atoms with Crippen molar-refractivity contribution in [3.8, 4) is 22.4 Å². The zero-order chi connectivity index (χ0) is 19.8. The summed E-state index contributed by atoms with van der Waals surface area (Å²) in [4.78, 5) is 9.22. The minimum Gasteiger partial charge on any atom is -0.383 e. The summed E-state index contributed by atoms with van der Waals surface area (Å²) in [6, 6.07) is 10.4. The number of nitrogens with one attached hydrogen (secondary N) is 2. The van der Waals surface area contributed by atoms with Crippen LogP contribution in [0.25, 0.3) is 33.2 Å². The normalized spacial score (nSPS) is 15.1. The molecular formula is C23H24N6. The SMILES string of the molecule is Cc1c(-c2cc(-c3cn[nH]c3C3CCNCC3)cnc2N)ncc2ccccc12. The number of piperidine rings is 1. The van der Waals surface area contributed by atoms with Crippen LogP contribution in [0.1, 0.15) is 30.0 Å². The van der Waals surface area contributed by atoms with Crippen molar-refractivity contribution in [3.05, 3.63) is 60.2 Å². The molecular weight excluding hydrogens is 360 g/mol. The van der Waals surface area contributed by atoms with Gasteiger partial charge < -0.3 is 11.1 Å². The maximum atomic E-state index is 6.29. The molecule has 146 valence electrons. The fourth-order valence-electron chi connectivity index (χ4n) is 4.34. The summed E-state index contributed by atoms with van der Waals surface area (Å²) in [7, 11) is 0. The van der Waals surface area contributed by atoms with E-state index in [4.69, 9.17) is 10.7 Å². The summed E-state index contributed by atoms with van der Waals surface area (Å²) in [5, 5.41) is 13.3. The highest BCUT2D eigenvalue weighted by Gasteiger charge is 2.22. The number of rotatable bonds is 3. The number of nitrogens with two attached hydrogens (primary N) is 1. The van der Waals surface area contributed by atoms with Crippen LogP contribution in [0.5, 0.6) is 0 Å². The third-order valence-corrected chi connectivity index (χ3v) is 5.95. The molecule has 3 aromatic heterocycles. The number of aromatic amines is 1. The molecule has 1 aliphatic heterocycles. The standard InChI is InChI=1S/C23H24N6/c1-14-18-5-3-2-4-16(18)11-26-21(14)19-10-17(12-27-23(19)24)20-13-28-29-22(20)15-6-8-25-9-7-15/h2-5,10-13,15,25H,6-9H2,1H3,(H2,24,27)(H,28,29). The van der Waals surface area contributed by atoms with Gasteiger partial charge in [-0.1, -0.05) is 24.3 Å². The first-order valence-electron chi connectivity index (χ1n) is 10.1. The summed E-state index contributed by atoms with van der Waals surface area (Å²) in [5.41, 5.74) is 12.4. The van der Waals surface area contributed by atoms with Crippen molar-refractivity contribution in [2.24, 2.45) is 0 Å². The van der Waals surface area contributed by atoms with Crippen LogP contribution >= 0.6 is 0 Å². The van der Waals surface area contributed by atoms with Gasteiger partial charge in [-0.05, 0) is 49.9 Å². The average Bonchev–Trinajstić information content (AvgIpc) is 3.25. The Morgan fingerprint density at radius 1 is 1.00 bits per heavy atom. The van der Waals surface area contributed by atoms with Gasteiger partial charge >= 0.3 is 0 Å². The predicted molar refractivity (Wildman–Crippen MR) is 117 cm³/mol. The second kappa shape index (κ2) is 7.29. The van der Waals surface area contributed by atoms with E-state index >= 15 is 0 Å². The first-order chi connectivity index (χ1) is 14.2. The van der Waals surface area contributed by atoms with Crippen LogP contribution in [0, 0.1) is 6.92 Å². The molecule has 6 nitrogen and oxygen atoms in total. The van der Waals surface area contributed by atoms with Gasteiger partial charge in [0.05, 0.1) is 11.9 Å². The van der Waals surface area contributed by atoms with Gasteiger partial charge in [-0.25, -0.2) is 4.98 Å². The summed E-state index contributed by atoms with van der Waals surface area (Å²) >= 11 is 0. The van der Waals surface area contributed by atoms with Gasteiger partial charge in [0, 0.05) is 46.1 Å². The number of pyridine rings is 2. The van der Waals surface area contributed by atoms with Crippen LogP contribution in [-0.2, 0) is 0 Å². The average molecular weight is 384 g/mol. The predicted octanol–water partition coefficient (Wildman–Crippen LogP) is 4.04. The molecule has 1 fully saturated rings. The maximum absolute atomic E-state index is 6.29. The molecule has 0 saturated carbocycles. The van der Waals surface area contributed by atoms with Gasteiger partial charge in [0.25, 0.3) is 0 Å². The maximum Gasteiger partial charge on any atom is 0.132 e. The molecule has 0 radical (unpaired) electrons. The summed E-state index contributed by atoms with van der Waals surface area (Å²) in [6.07, 6.45) is 7.85. The summed E-state index contributed by atoms with van der Waals surface area (Å²) in [5.74, 6) is 0.974. The lowest BCUT2D eigenvalue weighted by atomic mass is 9.90. The first-order valence-corrected chi connectivity index (χ1v) is 10.1. The van der Waals surface area contributed by atoms with E-state index in [-0.39, 0.29) is 0 Å². The van der Waals surface area contributed by atoms with Gasteiger partial charge in [0.2, 0.25) is 0 Å². The van der Waals surface area contributed by atoms with Crippen molar-refractivity contribution >= 4 is 16.6 Å². The number of anilines is 1. The highest BCUT2D eigenvalue weighted by molar-refractivity contribution is 5.91. The monoisotopic (exact) mass is 384 g/mol. The summed E-state index contributed by atoms with van der Waals surface area (Å²) in [6.45, 7) is 4.16. The molecule has 4 aromatic rings. The Labute approximate surface area is 169 Å². The van der Waals surface area contributed by atoms with E-state index in [9.17, 15) is 0 Å². The fourth-order valence-corrected chi connectivity index (χ4v) is 4.34. The molecule has 0 bridgehead atoms. The zero-order valence-corrected chi connectivity index (χ0v) is 16.4. The minimum atomic E-state index is 0.482. The Morgan fingerprint density at radius 3 is 2.69 bits per heavy atom. The van der Waals surface area contributed by atoms with Crippen molar-refractivity contribution in [1.82, 2.24) is 25.5 Å². The molecule has 1 aromatic carbocycles. The number of fused-ring (bicyclic) bond motifs is 1. The van der Waals surface area contributed by atoms with E-state index in [1.54, 1.807) is 0 Å². The molecule has 0 amide bonds. The van der Waals surface area contributed by atoms with Crippen LogP contribution < -0.4 is 11.1 Å². The third kappa shape index (κ3) is 3.15. The molecule has 29 heavy (non-hydrogen) atoms. The zero-order valence-electron chi connectivity index (χ0n) is 16.4. The fraction of sp³-hybridized carbons (Fsp3) is 0.261. The van der Waals surface area contributed by atoms with E-state index in [0.29, 0.717) is 11.7 Å². The number of aromatic nitrogens is 4. The lowest BCUT2D eigenvalue weighted by Crippen LogP contribution is -2.27. The molecule has 1 saturated heterocycles. The van der Waals surface area contributed by atoms with Crippen LogP contribution in [0.2, 0.25) is 0 Å². The van der Waals surface area contributed by atoms with Gasteiger partial charge in [-0.3, -0.25) is 10.1 Å². The number of benzene rings is 1. The smallest absolute Gasteiger partial charge is 0.132 e. The Bertz CT molecular complexity index is 1170.